The van der Waals surface area contributed by atoms with Gasteiger partial charge in [-0.1, -0.05) is 42.1 Å². The molecular formula is C24H34BrN3O4S. The maximum absolute atomic E-state index is 13.8. The molecule has 2 amide bonds. The third kappa shape index (κ3) is 4.86. The van der Waals surface area contributed by atoms with Crippen molar-refractivity contribution in [3.63, 3.8) is 0 Å². The smallest absolute Gasteiger partial charge is 0.245 e. The molecule has 7 nitrogen and oxygen atoms in total. The van der Waals surface area contributed by atoms with Gasteiger partial charge in [0.2, 0.25) is 21.8 Å². The molecule has 2 heterocycles. The Morgan fingerprint density at radius 3 is 2.52 bits per heavy atom. The van der Waals surface area contributed by atoms with E-state index in [4.69, 9.17) is 0 Å². The summed E-state index contributed by atoms with van der Waals surface area (Å²) in [5, 5.41) is 0. The fourth-order valence-corrected chi connectivity index (χ4v) is 7.99. The number of fused-ring (bicyclic) bond motifs is 1. The second kappa shape index (κ2) is 10.0. The molecule has 1 aromatic rings. The largest absolute Gasteiger partial charge is 0.342 e. The Balaban J connectivity index is 1.59. The monoisotopic (exact) mass is 539 g/mol. The van der Waals surface area contributed by atoms with E-state index in [-0.39, 0.29) is 35.2 Å². The van der Waals surface area contributed by atoms with Crippen molar-refractivity contribution in [3.8, 4) is 0 Å². The minimum atomic E-state index is -3.86. The summed E-state index contributed by atoms with van der Waals surface area (Å²) in [6, 6.07) is 3.77. The van der Waals surface area contributed by atoms with E-state index >= 15 is 0 Å². The van der Waals surface area contributed by atoms with Crippen molar-refractivity contribution in [2.24, 2.45) is 5.92 Å². The van der Waals surface area contributed by atoms with Crippen LogP contribution in [0.25, 0.3) is 0 Å². The lowest BCUT2D eigenvalue weighted by molar-refractivity contribution is -0.138. The van der Waals surface area contributed by atoms with Crippen LogP contribution in [0.3, 0.4) is 0 Å². The number of carbonyl (C=O) groups is 2. The maximum atomic E-state index is 13.8. The van der Waals surface area contributed by atoms with E-state index in [2.05, 4.69) is 15.9 Å². The molecule has 0 radical (unpaired) electrons. The van der Waals surface area contributed by atoms with Crippen molar-refractivity contribution >= 4 is 43.5 Å². The van der Waals surface area contributed by atoms with E-state index in [1.54, 1.807) is 17.9 Å². The van der Waals surface area contributed by atoms with Crippen LogP contribution in [0.15, 0.2) is 21.5 Å². The van der Waals surface area contributed by atoms with Gasteiger partial charge in [0.1, 0.15) is 4.90 Å². The first kappa shape index (κ1) is 24.7. The Morgan fingerprint density at radius 1 is 1.09 bits per heavy atom. The van der Waals surface area contributed by atoms with Crippen LogP contribution < -0.4 is 4.90 Å². The van der Waals surface area contributed by atoms with E-state index in [1.807, 2.05) is 18.0 Å². The van der Waals surface area contributed by atoms with Crippen molar-refractivity contribution in [2.45, 2.75) is 75.6 Å². The highest BCUT2D eigenvalue weighted by Crippen LogP contribution is 2.40. The molecule has 0 unspecified atom stereocenters. The number of carbonyl (C=O) groups excluding carboxylic acids is 2. The average Bonchev–Trinajstić information content (AvgIpc) is 3.26. The first-order valence-corrected chi connectivity index (χ1v) is 14.4. The quantitative estimate of drug-likeness (QED) is 0.567. The van der Waals surface area contributed by atoms with Crippen molar-refractivity contribution in [1.29, 1.82) is 0 Å². The number of benzene rings is 1. The zero-order chi connectivity index (χ0) is 23.8. The molecule has 0 N–H and O–H groups in total. The summed E-state index contributed by atoms with van der Waals surface area (Å²) < 4.78 is 29.8. The standard InChI is InChI=1S/C24H34BrN3O4S/c1-3-22(29)28-13-11-17-14-19(25)15-21(23(17)28)33(31,32)27-12-7-8-18(16-27)24(30)26(2)20-9-5-4-6-10-20/h14-15,18,20H,3-13,16H2,1-2H3/t18-/m1/s1. The van der Waals surface area contributed by atoms with Gasteiger partial charge < -0.3 is 9.80 Å². The Hall–Kier alpha value is -1.45. The van der Waals surface area contributed by atoms with E-state index in [1.165, 1.54) is 10.7 Å². The van der Waals surface area contributed by atoms with Crippen LogP contribution in [-0.2, 0) is 26.0 Å². The molecule has 0 aromatic heterocycles. The molecule has 3 aliphatic rings. The SMILES string of the molecule is CCC(=O)N1CCc2cc(Br)cc(S(=O)(=O)N3CCC[C@@H](C(=O)N(C)C4CCCCC4)C3)c21. The van der Waals surface area contributed by atoms with Crippen LogP contribution in [0.4, 0.5) is 5.69 Å². The molecule has 182 valence electrons. The Labute approximate surface area is 205 Å². The summed E-state index contributed by atoms with van der Waals surface area (Å²) in [6.07, 6.45) is 7.90. The van der Waals surface area contributed by atoms with Crippen LogP contribution in [0, 0.1) is 5.92 Å². The summed E-state index contributed by atoms with van der Waals surface area (Å²) >= 11 is 3.46. The van der Waals surface area contributed by atoms with Crippen molar-refractivity contribution in [1.82, 2.24) is 9.21 Å². The molecule has 33 heavy (non-hydrogen) atoms. The Kier molecular flexibility index (Phi) is 7.50. The van der Waals surface area contributed by atoms with Crippen LogP contribution in [-0.4, -0.2) is 62.2 Å². The van der Waals surface area contributed by atoms with Gasteiger partial charge in [0.15, 0.2) is 0 Å². The van der Waals surface area contributed by atoms with Crippen molar-refractivity contribution in [2.75, 3.05) is 31.6 Å². The normalized spacial score (nSPS) is 22.3. The van der Waals surface area contributed by atoms with Crippen molar-refractivity contribution in [3.05, 3.63) is 22.2 Å². The summed E-state index contributed by atoms with van der Waals surface area (Å²) in [4.78, 5) is 29.5. The fraction of sp³-hybridized carbons (Fsp3) is 0.667. The molecule has 1 aliphatic carbocycles. The second-order valence-electron chi connectivity index (χ2n) is 9.50. The van der Waals surface area contributed by atoms with Gasteiger partial charge in [0, 0.05) is 43.6 Å². The summed E-state index contributed by atoms with van der Waals surface area (Å²) in [5.74, 6) is -0.341. The molecule has 9 heteroatoms. The number of halogens is 1. The number of amides is 2. The van der Waals surface area contributed by atoms with Crippen LogP contribution >= 0.6 is 15.9 Å². The number of nitrogens with zero attached hydrogens (tertiary/aromatic N) is 3. The molecule has 0 bridgehead atoms. The first-order valence-electron chi connectivity index (χ1n) is 12.1. The third-order valence-electron chi connectivity index (χ3n) is 7.42. The molecular weight excluding hydrogens is 506 g/mol. The predicted molar refractivity (Wildman–Crippen MR) is 132 cm³/mol. The number of hydrogen-bond donors (Lipinski definition) is 0. The molecule has 4 rings (SSSR count). The number of sulfonamides is 1. The zero-order valence-corrected chi connectivity index (χ0v) is 22.0. The van der Waals surface area contributed by atoms with Gasteiger partial charge in [-0.05, 0) is 49.8 Å². The number of piperidine rings is 1. The Morgan fingerprint density at radius 2 is 1.82 bits per heavy atom. The van der Waals surface area contributed by atoms with Crippen molar-refractivity contribution < 1.29 is 18.0 Å². The average molecular weight is 541 g/mol. The number of rotatable bonds is 5. The molecule has 1 saturated carbocycles. The molecule has 2 fully saturated rings. The lowest BCUT2D eigenvalue weighted by Gasteiger charge is -2.37. The highest BCUT2D eigenvalue weighted by Gasteiger charge is 2.39. The maximum Gasteiger partial charge on any atom is 0.245 e. The van der Waals surface area contributed by atoms with Crippen LogP contribution in [0.1, 0.15) is 63.9 Å². The topological polar surface area (TPSA) is 78.0 Å². The Bertz CT molecular complexity index is 1020. The lowest BCUT2D eigenvalue weighted by Crippen LogP contribution is -2.48. The van der Waals surface area contributed by atoms with E-state index in [0.717, 1.165) is 31.2 Å². The van der Waals surface area contributed by atoms with E-state index < -0.39 is 10.0 Å². The zero-order valence-electron chi connectivity index (χ0n) is 19.6. The van der Waals surface area contributed by atoms with Gasteiger partial charge in [-0.2, -0.15) is 4.31 Å². The molecule has 0 spiro atoms. The number of hydrogen-bond acceptors (Lipinski definition) is 4. The van der Waals surface area contributed by atoms with Gasteiger partial charge in [-0.15, -0.1) is 0 Å². The molecule has 2 aliphatic heterocycles. The molecule has 1 saturated heterocycles. The highest BCUT2D eigenvalue weighted by molar-refractivity contribution is 9.10. The van der Waals surface area contributed by atoms with Gasteiger partial charge in [-0.25, -0.2) is 8.42 Å². The predicted octanol–water partition coefficient (Wildman–Crippen LogP) is 3.94. The van der Waals surface area contributed by atoms with Gasteiger partial charge in [-0.3, -0.25) is 9.59 Å². The first-order chi connectivity index (χ1) is 15.7. The third-order valence-corrected chi connectivity index (χ3v) is 9.75. The summed E-state index contributed by atoms with van der Waals surface area (Å²) in [6.45, 7) is 2.87. The minimum Gasteiger partial charge on any atom is -0.342 e. The second-order valence-corrected chi connectivity index (χ2v) is 12.3. The number of anilines is 1. The van der Waals surface area contributed by atoms with Gasteiger partial charge in [0.05, 0.1) is 11.6 Å². The van der Waals surface area contributed by atoms with E-state index in [0.29, 0.717) is 48.9 Å². The molecule has 1 atom stereocenters. The minimum absolute atomic E-state index is 0.0593. The summed E-state index contributed by atoms with van der Waals surface area (Å²) in [5.41, 5.74) is 1.38. The van der Waals surface area contributed by atoms with Gasteiger partial charge >= 0.3 is 0 Å². The van der Waals surface area contributed by atoms with Gasteiger partial charge in [0.25, 0.3) is 0 Å². The van der Waals surface area contributed by atoms with Crippen LogP contribution in [0.5, 0.6) is 0 Å². The molecule has 1 aromatic carbocycles. The lowest BCUT2D eigenvalue weighted by atomic mass is 9.92. The fourth-order valence-electron chi connectivity index (χ4n) is 5.54. The summed E-state index contributed by atoms with van der Waals surface area (Å²) in [7, 11) is -1.99. The van der Waals surface area contributed by atoms with E-state index in [9.17, 15) is 18.0 Å². The van der Waals surface area contributed by atoms with Crippen LogP contribution in [0.2, 0.25) is 0 Å². The highest BCUT2D eigenvalue weighted by atomic mass is 79.9.